The maximum absolute atomic E-state index is 11.3. The van der Waals surface area contributed by atoms with Crippen molar-refractivity contribution in [2.75, 3.05) is 33.3 Å². The van der Waals surface area contributed by atoms with E-state index >= 15 is 0 Å². The van der Waals surface area contributed by atoms with Crippen molar-refractivity contribution in [3.8, 4) is 0 Å². The van der Waals surface area contributed by atoms with Gasteiger partial charge in [0.15, 0.2) is 5.60 Å². The van der Waals surface area contributed by atoms with E-state index in [2.05, 4.69) is 21.9 Å². The topological polar surface area (TPSA) is 61.8 Å². The third-order valence-corrected chi connectivity index (χ3v) is 2.61. The Bertz CT molecular complexity index is 231. The summed E-state index contributed by atoms with van der Waals surface area (Å²) in [7, 11) is 1.29. The molecule has 0 saturated carbocycles. The number of hydrogen-bond donors (Lipinski definition) is 2. The van der Waals surface area contributed by atoms with E-state index in [1.165, 1.54) is 14.0 Å². The third-order valence-electron chi connectivity index (χ3n) is 2.61. The van der Waals surface area contributed by atoms with Gasteiger partial charge in [-0.1, -0.05) is 0 Å². The number of β-amino-alcohol motifs (C(OH)–C–C–N with tert-alkyl or cyclic N) is 1. The first-order valence-corrected chi connectivity index (χ1v) is 5.22. The van der Waals surface area contributed by atoms with E-state index < -0.39 is 11.6 Å². The molecule has 5 nitrogen and oxygen atoms in total. The van der Waals surface area contributed by atoms with E-state index in [1.54, 1.807) is 0 Å². The number of carbonyl (C=O) groups is 1. The van der Waals surface area contributed by atoms with Crippen LogP contribution in [0.5, 0.6) is 0 Å². The molecule has 15 heavy (non-hydrogen) atoms. The molecular weight excluding hydrogens is 196 g/mol. The number of aliphatic hydroxyl groups is 1. The first-order valence-electron chi connectivity index (χ1n) is 5.22. The highest BCUT2D eigenvalue weighted by atomic mass is 16.5. The lowest BCUT2D eigenvalue weighted by atomic mass is 10.1. The van der Waals surface area contributed by atoms with Crippen LogP contribution in [0.3, 0.4) is 0 Å². The number of ether oxygens (including phenoxy) is 1. The van der Waals surface area contributed by atoms with Crippen molar-refractivity contribution in [2.24, 2.45) is 0 Å². The minimum atomic E-state index is -1.41. The molecule has 0 bridgehead atoms. The van der Waals surface area contributed by atoms with Crippen molar-refractivity contribution < 1.29 is 14.6 Å². The van der Waals surface area contributed by atoms with Gasteiger partial charge in [-0.3, -0.25) is 4.90 Å². The standard InChI is InChI=1S/C10H20N2O3/c1-8-6-12(5-4-11-8)7-10(2,14)9(13)15-3/h8,11,14H,4-7H2,1-3H3. The monoisotopic (exact) mass is 216 g/mol. The van der Waals surface area contributed by atoms with Gasteiger partial charge >= 0.3 is 5.97 Å². The largest absolute Gasteiger partial charge is 0.467 e. The predicted octanol–water partition coefficient (Wildman–Crippen LogP) is -0.796. The highest BCUT2D eigenvalue weighted by Gasteiger charge is 2.34. The van der Waals surface area contributed by atoms with Gasteiger partial charge in [-0.2, -0.15) is 0 Å². The Morgan fingerprint density at radius 1 is 1.73 bits per heavy atom. The number of esters is 1. The average molecular weight is 216 g/mol. The fourth-order valence-corrected chi connectivity index (χ4v) is 1.88. The molecule has 1 saturated heterocycles. The summed E-state index contributed by atoms with van der Waals surface area (Å²) in [5.41, 5.74) is -1.41. The van der Waals surface area contributed by atoms with Crippen molar-refractivity contribution in [3.63, 3.8) is 0 Å². The first kappa shape index (κ1) is 12.4. The Morgan fingerprint density at radius 3 is 2.93 bits per heavy atom. The molecule has 5 heteroatoms. The van der Waals surface area contributed by atoms with Gasteiger partial charge in [-0.25, -0.2) is 4.79 Å². The van der Waals surface area contributed by atoms with Crippen LogP contribution in [0.4, 0.5) is 0 Å². The van der Waals surface area contributed by atoms with Gasteiger partial charge < -0.3 is 15.2 Å². The first-order chi connectivity index (χ1) is 6.95. The van der Waals surface area contributed by atoms with E-state index in [1.807, 2.05) is 0 Å². The zero-order valence-corrected chi connectivity index (χ0v) is 9.62. The highest BCUT2D eigenvalue weighted by molar-refractivity contribution is 5.78. The van der Waals surface area contributed by atoms with Crippen molar-refractivity contribution >= 4 is 5.97 Å². The van der Waals surface area contributed by atoms with E-state index in [0.29, 0.717) is 12.6 Å². The van der Waals surface area contributed by atoms with Crippen LogP contribution in [0, 0.1) is 0 Å². The van der Waals surface area contributed by atoms with Crippen LogP contribution >= 0.6 is 0 Å². The molecule has 88 valence electrons. The van der Waals surface area contributed by atoms with Crippen LogP contribution in [-0.4, -0.2) is 60.9 Å². The molecule has 0 radical (unpaired) electrons. The van der Waals surface area contributed by atoms with E-state index in [0.717, 1.165) is 19.6 Å². The number of nitrogens with zero attached hydrogens (tertiary/aromatic N) is 1. The van der Waals surface area contributed by atoms with Crippen LogP contribution in [0.15, 0.2) is 0 Å². The van der Waals surface area contributed by atoms with E-state index in [-0.39, 0.29) is 0 Å². The smallest absolute Gasteiger partial charge is 0.338 e. The molecule has 0 amide bonds. The highest BCUT2D eigenvalue weighted by Crippen LogP contribution is 2.10. The number of rotatable bonds is 3. The van der Waals surface area contributed by atoms with Gasteiger partial charge in [0.2, 0.25) is 0 Å². The number of nitrogens with one attached hydrogen (secondary N) is 1. The average Bonchev–Trinajstić information content (AvgIpc) is 2.15. The van der Waals surface area contributed by atoms with Gasteiger partial charge in [0.05, 0.1) is 7.11 Å². The molecule has 0 aliphatic carbocycles. The van der Waals surface area contributed by atoms with Gasteiger partial charge in [-0.15, -0.1) is 0 Å². The molecule has 1 rings (SSSR count). The summed E-state index contributed by atoms with van der Waals surface area (Å²) in [5.74, 6) is -0.575. The fourth-order valence-electron chi connectivity index (χ4n) is 1.88. The predicted molar refractivity (Wildman–Crippen MR) is 56.5 cm³/mol. The van der Waals surface area contributed by atoms with Gasteiger partial charge in [0, 0.05) is 32.2 Å². The number of piperazine rings is 1. The van der Waals surface area contributed by atoms with Crippen LogP contribution in [0.1, 0.15) is 13.8 Å². The minimum Gasteiger partial charge on any atom is -0.467 e. The third kappa shape index (κ3) is 3.44. The van der Waals surface area contributed by atoms with Gasteiger partial charge in [-0.05, 0) is 13.8 Å². The number of methoxy groups -OCH3 is 1. The second-order valence-corrected chi connectivity index (χ2v) is 4.36. The molecular formula is C10H20N2O3. The quantitative estimate of drug-likeness (QED) is 0.605. The molecule has 0 aromatic carbocycles. The molecule has 0 spiro atoms. The minimum absolute atomic E-state index is 0.325. The maximum atomic E-state index is 11.3. The Balaban J connectivity index is 2.49. The summed E-state index contributed by atoms with van der Waals surface area (Å²) in [6.45, 7) is 6.47. The second-order valence-electron chi connectivity index (χ2n) is 4.36. The Kier molecular flexibility index (Phi) is 4.07. The van der Waals surface area contributed by atoms with E-state index in [4.69, 9.17) is 0 Å². The fraction of sp³-hybridized carbons (Fsp3) is 0.900. The van der Waals surface area contributed by atoms with Crippen LogP contribution in [0.25, 0.3) is 0 Å². The van der Waals surface area contributed by atoms with Gasteiger partial charge in [0.25, 0.3) is 0 Å². The van der Waals surface area contributed by atoms with Gasteiger partial charge in [0.1, 0.15) is 0 Å². The Hall–Kier alpha value is -0.650. The summed E-state index contributed by atoms with van der Waals surface area (Å²) < 4.78 is 4.55. The second kappa shape index (κ2) is 4.92. The molecule has 1 heterocycles. The normalized spacial score (nSPS) is 27.1. The lowest BCUT2D eigenvalue weighted by Crippen LogP contribution is -2.55. The van der Waals surface area contributed by atoms with Crippen LogP contribution < -0.4 is 5.32 Å². The summed E-state index contributed by atoms with van der Waals surface area (Å²) >= 11 is 0. The molecule has 0 aromatic heterocycles. The molecule has 2 unspecified atom stereocenters. The lowest BCUT2D eigenvalue weighted by Gasteiger charge is -2.35. The summed E-state index contributed by atoms with van der Waals surface area (Å²) in [4.78, 5) is 13.3. The lowest BCUT2D eigenvalue weighted by molar-refractivity contribution is -0.162. The van der Waals surface area contributed by atoms with Crippen molar-refractivity contribution in [1.82, 2.24) is 10.2 Å². The SMILES string of the molecule is COC(=O)C(C)(O)CN1CCNC(C)C1. The molecule has 2 atom stereocenters. The Labute approximate surface area is 90.4 Å². The molecule has 1 aliphatic rings. The molecule has 2 N–H and O–H groups in total. The number of carbonyl (C=O) groups excluding carboxylic acids is 1. The zero-order valence-electron chi connectivity index (χ0n) is 9.62. The van der Waals surface area contributed by atoms with Crippen LogP contribution in [0.2, 0.25) is 0 Å². The van der Waals surface area contributed by atoms with Crippen molar-refractivity contribution in [2.45, 2.75) is 25.5 Å². The van der Waals surface area contributed by atoms with Crippen LogP contribution in [-0.2, 0) is 9.53 Å². The summed E-state index contributed by atoms with van der Waals surface area (Å²) in [5, 5.41) is 13.2. The molecule has 1 fully saturated rings. The zero-order chi connectivity index (χ0) is 11.5. The molecule has 0 aromatic rings. The Morgan fingerprint density at radius 2 is 2.40 bits per heavy atom. The van der Waals surface area contributed by atoms with Crippen molar-refractivity contribution in [3.05, 3.63) is 0 Å². The summed E-state index contributed by atoms with van der Waals surface area (Å²) in [6.07, 6.45) is 0. The molecule has 1 aliphatic heterocycles. The maximum Gasteiger partial charge on any atom is 0.338 e. The number of hydrogen-bond acceptors (Lipinski definition) is 5. The summed E-state index contributed by atoms with van der Waals surface area (Å²) in [6, 6.07) is 0.396. The van der Waals surface area contributed by atoms with E-state index in [9.17, 15) is 9.90 Å². The van der Waals surface area contributed by atoms with Crippen molar-refractivity contribution in [1.29, 1.82) is 0 Å².